The lowest BCUT2D eigenvalue weighted by atomic mass is 9.79. The maximum atomic E-state index is 14.2. The van der Waals surface area contributed by atoms with Crippen molar-refractivity contribution < 1.29 is 19.1 Å². The van der Waals surface area contributed by atoms with E-state index in [0.717, 1.165) is 44.3 Å². The molecule has 1 aliphatic carbocycles. The third-order valence-corrected chi connectivity index (χ3v) is 8.60. The normalized spacial score (nSPS) is 26.0. The highest BCUT2D eigenvalue weighted by Gasteiger charge is 2.48. The van der Waals surface area contributed by atoms with Crippen LogP contribution < -0.4 is 10.6 Å². The van der Waals surface area contributed by atoms with Gasteiger partial charge in [-0.3, -0.25) is 14.4 Å². The molecule has 5 atom stereocenters. The van der Waals surface area contributed by atoms with Gasteiger partial charge in [-0.25, -0.2) is 0 Å². The number of benzene rings is 2. The van der Waals surface area contributed by atoms with Crippen molar-refractivity contribution in [2.75, 3.05) is 19.0 Å². The highest BCUT2D eigenvalue weighted by atomic mass is 16.5. The molecule has 1 saturated carbocycles. The van der Waals surface area contributed by atoms with Gasteiger partial charge in [-0.05, 0) is 49.3 Å². The molecule has 7 heteroatoms. The molecule has 0 bridgehead atoms. The summed E-state index contributed by atoms with van der Waals surface area (Å²) in [5.41, 5.74) is 3.54. The fourth-order valence-corrected chi connectivity index (χ4v) is 6.71. The number of unbranched alkanes of at least 4 members (excludes halogenated alkanes) is 1. The van der Waals surface area contributed by atoms with Gasteiger partial charge in [0.1, 0.15) is 0 Å². The summed E-state index contributed by atoms with van der Waals surface area (Å²) in [5.74, 6) is -0.00499. The molecular formula is C31H39N3O4. The van der Waals surface area contributed by atoms with Crippen LogP contribution in [0.4, 0.5) is 5.69 Å². The smallest absolute Gasteiger partial charge is 0.305 e. The van der Waals surface area contributed by atoms with E-state index in [2.05, 4.69) is 62.7 Å². The summed E-state index contributed by atoms with van der Waals surface area (Å²) in [7, 11) is 1.38. The number of hydrogen-bond donors (Lipinski definition) is 2. The predicted octanol–water partition coefficient (Wildman–Crippen LogP) is 5.15. The number of methoxy groups -OCH3 is 1. The first kappa shape index (κ1) is 26.3. The Labute approximate surface area is 225 Å². The van der Waals surface area contributed by atoms with Crippen molar-refractivity contribution >= 4 is 23.5 Å². The molecule has 2 amide bonds. The number of rotatable bonds is 8. The minimum Gasteiger partial charge on any atom is -0.469 e. The quantitative estimate of drug-likeness (QED) is 0.373. The number of ether oxygens (including phenoxy) is 1. The van der Waals surface area contributed by atoms with Crippen molar-refractivity contribution in [3.63, 3.8) is 0 Å². The lowest BCUT2D eigenvalue weighted by molar-refractivity contribution is -0.141. The highest BCUT2D eigenvalue weighted by Crippen LogP contribution is 2.51. The van der Waals surface area contributed by atoms with Crippen LogP contribution in [0.3, 0.4) is 0 Å². The molecule has 3 aliphatic rings. The standard InChI is InChI=1S/C31H39N3O4/c1-38-28(36)18-10-9-17-27(35)32-26-16-8-6-14-23(26)31(37)34-20-19-24-29(21-11-3-2-4-12-21)33-25-15-7-5-13-22(25)30(24)34/h2-5,7,11-13,15,23-24,26,29-30,33H,6,8-10,14,16-20H2,1H3,(H,32,35)/t23-,24+,26?,29-,30-/m0/s1. The summed E-state index contributed by atoms with van der Waals surface area (Å²) in [5, 5.41) is 6.96. The van der Waals surface area contributed by atoms with Crippen LogP contribution >= 0.6 is 0 Å². The monoisotopic (exact) mass is 517 g/mol. The van der Waals surface area contributed by atoms with E-state index >= 15 is 0 Å². The second kappa shape index (κ2) is 12.0. The van der Waals surface area contributed by atoms with Gasteiger partial charge in [-0.15, -0.1) is 0 Å². The van der Waals surface area contributed by atoms with Gasteiger partial charge in [0, 0.05) is 37.0 Å². The molecule has 1 saturated heterocycles. The molecular weight excluding hydrogens is 478 g/mol. The SMILES string of the molecule is COC(=O)CCCCC(=O)NC1CCCC[C@@H]1C(=O)N1CC[C@@H]2[C@H](c3ccccc3)Nc3ccccc3[C@@H]21. The van der Waals surface area contributed by atoms with E-state index in [9.17, 15) is 14.4 Å². The molecule has 5 rings (SSSR count). The molecule has 1 unspecified atom stereocenters. The zero-order valence-electron chi connectivity index (χ0n) is 22.2. The number of nitrogens with zero attached hydrogens (tertiary/aromatic N) is 1. The topological polar surface area (TPSA) is 87.7 Å². The number of nitrogens with one attached hydrogen (secondary N) is 2. The minimum absolute atomic E-state index is 0.0294. The van der Waals surface area contributed by atoms with E-state index in [4.69, 9.17) is 0 Å². The summed E-state index contributed by atoms with van der Waals surface area (Å²) in [6, 6.07) is 19.0. The van der Waals surface area contributed by atoms with E-state index in [1.165, 1.54) is 18.2 Å². The molecule has 0 aromatic heterocycles. The van der Waals surface area contributed by atoms with Crippen LogP contribution in [0, 0.1) is 11.8 Å². The number of fused-ring (bicyclic) bond motifs is 3. The largest absolute Gasteiger partial charge is 0.469 e. The third kappa shape index (κ3) is 5.57. The summed E-state index contributed by atoms with van der Waals surface area (Å²) in [6.45, 7) is 0.734. The first-order chi connectivity index (χ1) is 18.6. The Balaban J connectivity index is 1.30. The molecule has 202 valence electrons. The lowest BCUT2D eigenvalue weighted by Crippen LogP contribution is -2.50. The Morgan fingerprint density at radius 2 is 1.68 bits per heavy atom. The van der Waals surface area contributed by atoms with E-state index in [-0.39, 0.29) is 41.8 Å². The number of likely N-dealkylation sites (tertiary alicyclic amines) is 1. The van der Waals surface area contributed by atoms with Crippen LogP contribution in [0.25, 0.3) is 0 Å². The number of para-hydroxylation sites is 1. The maximum Gasteiger partial charge on any atom is 0.305 e. The van der Waals surface area contributed by atoms with Crippen molar-refractivity contribution in [2.24, 2.45) is 11.8 Å². The van der Waals surface area contributed by atoms with Gasteiger partial charge < -0.3 is 20.3 Å². The van der Waals surface area contributed by atoms with Crippen LogP contribution in [-0.2, 0) is 19.1 Å². The molecule has 2 aromatic carbocycles. The Morgan fingerprint density at radius 3 is 2.50 bits per heavy atom. The van der Waals surface area contributed by atoms with Crippen LogP contribution in [0.1, 0.15) is 81.0 Å². The fraction of sp³-hybridized carbons (Fsp3) is 0.516. The van der Waals surface area contributed by atoms with E-state index in [1.54, 1.807) is 0 Å². The first-order valence-corrected chi connectivity index (χ1v) is 14.1. The third-order valence-electron chi connectivity index (χ3n) is 8.60. The number of hydrogen-bond acceptors (Lipinski definition) is 5. The highest BCUT2D eigenvalue weighted by molar-refractivity contribution is 5.83. The Kier molecular flexibility index (Phi) is 8.30. The molecule has 2 N–H and O–H groups in total. The number of esters is 1. The van der Waals surface area contributed by atoms with Gasteiger partial charge >= 0.3 is 5.97 Å². The Morgan fingerprint density at radius 1 is 0.947 bits per heavy atom. The summed E-state index contributed by atoms with van der Waals surface area (Å²) in [6.07, 6.45) is 6.56. The second-order valence-corrected chi connectivity index (χ2v) is 10.9. The number of anilines is 1. The van der Waals surface area contributed by atoms with Crippen molar-refractivity contribution in [3.8, 4) is 0 Å². The van der Waals surface area contributed by atoms with E-state index in [0.29, 0.717) is 31.6 Å². The van der Waals surface area contributed by atoms with Crippen LogP contribution in [0.2, 0.25) is 0 Å². The average molecular weight is 518 g/mol. The summed E-state index contributed by atoms with van der Waals surface area (Å²) >= 11 is 0. The number of carbonyl (C=O) groups is 3. The second-order valence-electron chi connectivity index (χ2n) is 10.9. The predicted molar refractivity (Wildman–Crippen MR) is 146 cm³/mol. The van der Waals surface area contributed by atoms with E-state index in [1.807, 2.05) is 12.1 Å². The van der Waals surface area contributed by atoms with Gasteiger partial charge in [-0.2, -0.15) is 0 Å². The molecule has 2 fully saturated rings. The first-order valence-electron chi connectivity index (χ1n) is 14.1. The maximum absolute atomic E-state index is 14.2. The molecule has 0 spiro atoms. The van der Waals surface area contributed by atoms with Crippen LogP contribution in [0.15, 0.2) is 54.6 Å². The number of carbonyl (C=O) groups excluding carboxylic acids is 3. The van der Waals surface area contributed by atoms with Gasteiger partial charge in [0.15, 0.2) is 0 Å². The molecule has 7 nitrogen and oxygen atoms in total. The van der Waals surface area contributed by atoms with Gasteiger partial charge in [-0.1, -0.05) is 61.4 Å². The van der Waals surface area contributed by atoms with Crippen molar-refractivity contribution in [2.45, 2.75) is 75.9 Å². The zero-order valence-corrected chi connectivity index (χ0v) is 22.2. The van der Waals surface area contributed by atoms with Crippen molar-refractivity contribution in [1.29, 1.82) is 0 Å². The molecule has 2 aromatic rings. The molecule has 2 heterocycles. The van der Waals surface area contributed by atoms with Crippen LogP contribution in [0.5, 0.6) is 0 Å². The minimum atomic E-state index is -0.249. The van der Waals surface area contributed by atoms with Crippen molar-refractivity contribution in [1.82, 2.24) is 10.2 Å². The van der Waals surface area contributed by atoms with E-state index < -0.39 is 0 Å². The molecule has 2 aliphatic heterocycles. The lowest BCUT2D eigenvalue weighted by Gasteiger charge is -2.42. The van der Waals surface area contributed by atoms with Gasteiger partial charge in [0.2, 0.25) is 11.8 Å². The Hall–Kier alpha value is -3.35. The van der Waals surface area contributed by atoms with Gasteiger partial charge in [0.25, 0.3) is 0 Å². The molecule has 0 radical (unpaired) electrons. The Bertz CT molecular complexity index is 1140. The summed E-state index contributed by atoms with van der Waals surface area (Å²) < 4.78 is 4.67. The van der Waals surface area contributed by atoms with Gasteiger partial charge in [0.05, 0.1) is 25.1 Å². The zero-order chi connectivity index (χ0) is 26.5. The summed E-state index contributed by atoms with van der Waals surface area (Å²) in [4.78, 5) is 40.4. The van der Waals surface area contributed by atoms with Crippen molar-refractivity contribution in [3.05, 3.63) is 65.7 Å². The van der Waals surface area contributed by atoms with Crippen LogP contribution in [-0.4, -0.2) is 42.4 Å². The molecule has 38 heavy (non-hydrogen) atoms. The number of amides is 2. The fourth-order valence-electron chi connectivity index (χ4n) is 6.71. The average Bonchev–Trinajstić information content (AvgIpc) is 3.41.